The lowest BCUT2D eigenvalue weighted by Gasteiger charge is -2.09. The van der Waals surface area contributed by atoms with Gasteiger partial charge in [0.2, 0.25) is 0 Å². The summed E-state index contributed by atoms with van der Waals surface area (Å²) in [5.41, 5.74) is 2.45. The minimum absolute atomic E-state index is 0.183. The minimum atomic E-state index is -3.32. The van der Waals surface area contributed by atoms with Crippen LogP contribution in [0.5, 0.6) is 0 Å². The summed E-state index contributed by atoms with van der Waals surface area (Å²) in [6, 6.07) is 15.9. The number of fused-ring (bicyclic) bond motifs is 1. The second-order valence-electron chi connectivity index (χ2n) is 6.87. The van der Waals surface area contributed by atoms with Crippen LogP contribution in [0.15, 0.2) is 78.0 Å². The molecule has 0 saturated carbocycles. The van der Waals surface area contributed by atoms with Gasteiger partial charge in [-0.05, 0) is 54.1 Å². The highest BCUT2D eigenvalue weighted by molar-refractivity contribution is 7.90. The van der Waals surface area contributed by atoms with Crippen molar-refractivity contribution in [2.24, 2.45) is 0 Å². The van der Waals surface area contributed by atoms with Crippen molar-refractivity contribution in [1.29, 1.82) is 0 Å². The fourth-order valence-electron chi connectivity index (χ4n) is 3.19. The first-order valence-electron chi connectivity index (χ1n) is 9.12. The van der Waals surface area contributed by atoms with E-state index in [-0.39, 0.29) is 23.2 Å². The lowest BCUT2D eigenvalue weighted by Crippen LogP contribution is -2.23. The number of halogens is 1. The van der Waals surface area contributed by atoms with Crippen LogP contribution in [0.2, 0.25) is 0 Å². The number of aromatic nitrogens is 2. The number of pyridine rings is 1. The average Bonchev–Trinajstić information content (AvgIpc) is 3.16. The van der Waals surface area contributed by atoms with E-state index < -0.39 is 9.84 Å². The van der Waals surface area contributed by atoms with Gasteiger partial charge in [0.1, 0.15) is 11.6 Å². The number of imidazole rings is 1. The first-order chi connectivity index (χ1) is 14.3. The maximum atomic E-state index is 13.2. The number of amides is 1. The van der Waals surface area contributed by atoms with E-state index in [1.165, 1.54) is 18.2 Å². The molecule has 0 fully saturated rings. The molecule has 1 amide bonds. The van der Waals surface area contributed by atoms with E-state index in [0.717, 1.165) is 11.8 Å². The third-order valence-electron chi connectivity index (χ3n) is 4.70. The largest absolute Gasteiger partial charge is 0.348 e. The van der Waals surface area contributed by atoms with E-state index in [2.05, 4.69) is 10.3 Å². The van der Waals surface area contributed by atoms with Crippen molar-refractivity contribution in [1.82, 2.24) is 14.7 Å². The van der Waals surface area contributed by atoms with Crippen molar-refractivity contribution in [2.75, 3.05) is 6.26 Å². The molecule has 0 aliphatic carbocycles. The Morgan fingerprint density at radius 1 is 1.10 bits per heavy atom. The predicted octanol–water partition coefficient (Wildman–Crippen LogP) is 3.47. The van der Waals surface area contributed by atoms with Gasteiger partial charge in [0.25, 0.3) is 5.91 Å². The highest BCUT2D eigenvalue weighted by Gasteiger charge is 2.15. The third-order valence-corrected chi connectivity index (χ3v) is 5.81. The smallest absolute Gasteiger partial charge is 0.253 e. The number of hydrogen-bond donors (Lipinski definition) is 1. The minimum Gasteiger partial charge on any atom is -0.348 e. The summed E-state index contributed by atoms with van der Waals surface area (Å²) in [5, 5.41) is 2.82. The summed E-state index contributed by atoms with van der Waals surface area (Å²) < 4.78 is 38.4. The van der Waals surface area contributed by atoms with Gasteiger partial charge in [-0.25, -0.2) is 17.8 Å². The Bertz CT molecular complexity index is 1350. The van der Waals surface area contributed by atoms with Gasteiger partial charge in [-0.3, -0.25) is 9.20 Å². The van der Waals surface area contributed by atoms with Crippen LogP contribution in [0, 0.1) is 5.82 Å². The van der Waals surface area contributed by atoms with E-state index in [1.54, 1.807) is 59.3 Å². The third kappa shape index (κ3) is 3.95. The average molecular weight is 423 g/mol. The van der Waals surface area contributed by atoms with Crippen molar-refractivity contribution in [2.45, 2.75) is 11.4 Å². The second kappa shape index (κ2) is 7.72. The van der Waals surface area contributed by atoms with Crippen LogP contribution < -0.4 is 5.32 Å². The Morgan fingerprint density at radius 3 is 2.60 bits per heavy atom. The van der Waals surface area contributed by atoms with Gasteiger partial charge in [0.15, 0.2) is 9.84 Å². The van der Waals surface area contributed by atoms with Gasteiger partial charge in [-0.1, -0.05) is 12.1 Å². The first-order valence-corrected chi connectivity index (χ1v) is 11.0. The van der Waals surface area contributed by atoms with Crippen molar-refractivity contribution < 1.29 is 17.6 Å². The summed E-state index contributed by atoms with van der Waals surface area (Å²) in [7, 11) is -3.32. The molecule has 30 heavy (non-hydrogen) atoms. The second-order valence-corrected chi connectivity index (χ2v) is 8.88. The fraction of sp³-hybridized carbons (Fsp3) is 0.0909. The standard InChI is InChI=1S/C22H18FN3O3S/c1-30(28,29)18-5-2-4-15(12-18)13-25-22(27)19-6-3-11-26-20(19)14-24-21(26)16-7-9-17(23)10-8-16/h2-12,14H,13H2,1H3,(H,25,27). The summed E-state index contributed by atoms with van der Waals surface area (Å²) in [4.78, 5) is 17.4. The molecule has 0 unspecified atom stereocenters. The molecule has 0 aliphatic rings. The van der Waals surface area contributed by atoms with Crippen LogP contribution in [0.4, 0.5) is 4.39 Å². The summed E-state index contributed by atoms with van der Waals surface area (Å²) in [6.45, 7) is 0.183. The normalized spacial score (nSPS) is 11.5. The Hall–Kier alpha value is -3.52. The molecule has 4 rings (SSSR count). The van der Waals surface area contributed by atoms with E-state index >= 15 is 0 Å². The topological polar surface area (TPSA) is 80.5 Å². The number of sulfone groups is 1. The van der Waals surface area contributed by atoms with E-state index in [4.69, 9.17) is 0 Å². The maximum Gasteiger partial charge on any atom is 0.253 e. The zero-order valence-corrected chi connectivity index (χ0v) is 16.9. The Labute approximate surface area is 172 Å². The predicted molar refractivity (Wildman–Crippen MR) is 111 cm³/mol. The molecule has 2 aromatic carbocycles. The highest BCUT2D eigenvalue weighted by Crippen LogP contribution is 2.22. The fourth-order valence-corrected chi connectivity index (χ4v) is 3.88. The molecular formula is C22H18FN3O3S. The molecule has 0 aliphatic heterocycles. The van der Waals surface area contributed by atoms with Gasteiger partial charge in [-0.15, -0.1) is 0 Å². The lowest BCUT2D eigenvalue weighted by atomic mass is 10.2. The lowest BCUT2D eigenvalue weighted by molar-refractivity contribution is 0.0952. The molecule has 0 saturated heterocycles. The molecule has 8 heteroatoms. The molecule has 2 heterocycles. The number of nitrogens with zero attached hydrogens (tertiary/aromatic N) is 2. The first kappa shape index (κ1) is 19.8. The molecule has 4 aromatic rings. The van der Waals surface area contributed by atoms with E-state index in [0.29, 0.717) is 22.5 Å². The van der Waals surface area contributed by atoms with Crippen LogP contribution in [0.3, 0.4) is 0 Å². The number of rotatable bonds is 5. The number of nitrogens with one attached hydrogen (secondary N) is 1. The molecule has 152 valence electrons. The van der Waals surface area contributed by atoms with Crippen LogP contribution in [0.25, 0.3) is 16.9 Å². The van der Waals surface area contributed by atoms with Gasteiger partial charge in [0.05, 0.1) is 22.2 Å². The Morgan fingerprint density at radius 2 is 1.87 bits per heavy atom. The molecule has 0 radical (unpaired) electrons. The van der Waals surface area contributed by atoms with Gasteiger partial charge in [0, 0.05) is 24.6 Å². The molecular weight excluding hydrogens is 405 g/mol. The monoisotopic (exact) mass is 423 g/mol. The van der Waals surface area contributed by atoms with Crippen LogP contribution in [-0.4, -0.2) is 30.0 Å². The Balaban J connectivity index is 1.59. The molecule has 1 N–H and O–H groups in total. The zero-order valence-electron chi connectivity index (χ0n) is 16.0. The Kier molecular flexibility index (Phi) is 5.09. The van der Waals surface area contributed by atoms with Gasteiger partial charge in [-0.2, -0.15) is 0 Å². The van der Waals surface area contributed by atoms with Crippen molar-refractivity contribution >= 4 is 21.3 Å². The molecule has 0 atom stereocenters. The number of hydrogen-bond acceptors (Lipinski definition) is 4. The SMILES string of the molecule is CS(=O)(=O)c1cccc(CNC(=O)c2cccn3c(-c4ccc(F)cc4)ncc23)c1. The van der Waals surface area contributed by atoms with Gasteiger partial charge >= 0.3 is 0 Å². The summed E-state index contributed by atoms with van der Waals surface area (Å²) in [6.07, 6.45) is 4.52. The number of carbonyl (C=O) groups excluding carboxylic acids is 1. The summed E-state index contributed by atoms with van der Waals surface area (Å²) in [5.74, 6) is -0.0453. The number of carbonyl (C=O) groups is 1. The maximum absolute atomic E-state index is 13.2. The van der Waals surface area contributed by atoms with Gasteiger partial charge < -0.3 is 5.32 Å². The van der Waals surface area contributed by atoms with Crippen LogP contribution in [0.1, 0.15) is 15.9 Å². The highest BCUT2D eigenvalue weighted by atomic mass is 32.2. The molecule has 0 bridgehead atoms. The van der Waals surface area contributed by atoms with Crippen molar-refractivity contribution in [3.05, 3.63) is 90.0 Å². The van der Waals surface area contributed by atoms with Crippen LogP contribution in [-0.2, 0) is 16.4 Å². The molecule has 0 spiro atoms. The summed E-state index contributed by atoms with van der Waals surface area (Å²) >= 11 is 0. The van der Waals surface area contributed by atoms with Crippen molar-refractivity contribution in [3.63, 3.8) is 0 Å². The quantitative estimate of drug-likeness (QED) is 0.533. The molecule has 6 nitrogen and oxygen atoms in total. The number of benzene rings is 2. The zero-order chi connectivity index (χ0) is 21.3. The van der Waals surface area contributed by atoms with Crippen LogP contribution >= 0.6 is 0 Å². The van der Waals surface area contributed by atoms with E-state index in [1.807, 2.05) is 0 Å². The molecule has 2 aromatic heterocycles. The van der Waals surface area contributed by atoms with Crippen molar-refractivity contribution in [3.8, 4) is 11.4 Å². The van der Waals surface area contributed by atoms with E-state index in [9.17, 15) is 17.6 Å².